The first-order valence-corrected chi connectivity index (χ1v) is 19.0. The number of benzene rings is 3. The quantitative estimate of drug-likeness (QED) is 0.0900. The van der Waals surface area contributed by atoms with E-state index in [4.69, 9.17) is 9.47 Å². The molecular weight excluding hydrogens is 647 g/mol. The van der Waals surface area contributed by atoms with Crippen molar-refractivity contribution in [2.45, 2.75) is 87.2 Å². The summed E-state index contributed by atoms with van der Waals surface area (Å²) in [7, 11) is 0. The van der Waals surface area contributed by atoms with Gasteiger partial charge < -0.3 is 30.4 Å². The fourth-order valence-electron chi connectivity index (χ4n) is 9.15. The number of ether oxygens (including phenoxy) is 2. The van der Waals surface area contributed by atoms with Crippen LogP contribution in [-0.4, -0.2) is 28.5 Å². The van der Waals surface area contributed by atoms with E-state index in [1.54, 1.807) is 6.07 Å². The van der Waals surface area contributed by atoms with Crippen molar-refractivity contribution < 1.29 is 24.1 Å². The van der Waals surface area contributed by atoms with E-state index in [9.17, 15) is 15.1 Å². The molecule has 1 saturated heterocycles. The Kier molecular flexibility index (Phi) is 9.57. The van der Waals surface area contributed by atoms with E-state index in [1.807, 2.05) is 54.6 Å². The number of nitrogens with one attached hydrogen (secondary N) is 2. The third-order valence-electron chi connectivity index (χ3n) is 11.1. The Morgan fingerprint density at radius 3 is 2.24 bits per heavy atom. The van der Waals surface area contributed by atoms with Crippen molar-refractivity contribution in [3.8, 4) is 11.1 Å². The lowest BCUT2D eigenvalue weighted by Crippen LogP contribution is -2.61. The molecule has 3 aromatic carbocycles. The lowest BCUT2D eigenvalue weighted by atomic mass is 9.53. The number of aliphatic hydroxyl groups is 1. The number of amides is 2. The Balaban J connectivity index is 0.924. The number of aromatic nitrogens is 1. The Morgan fingerprint density at radius 2 is 1.54 bits per heavy atom. The normalized spacial score (nSPS) is 28.3. The van der Waals surface area contributed by atoms with Crippen molar-refractivity contribution in [3.63, 3.8) is 0 Å². The molecule has 8 nitrogen and oxygen atoms in total. The number of thioether (sulfide) groups is 1. The van der Waals surface area contributed by atoms with E-state index in [1.165, 1.54) is 37.2 Å². The summed E-state index contributed by atoms with van der Waals surface area (Å²) in [6, 6.07) is 29.8. The van der Waals surface area contributed by atoms with E-state index in [-0.39, 0.29) is 30.4 Å². The molecule has 4 aliphatic carbocycles. The van der Waals surface area contributed by atoms with Gasteiger partial charge in [-0.1, -0.05) is 78.5 Å². The highest BCUT2D eigenvalue weighted by Crippen LogP contribution is 2.55. The van der Waals surface area contributed by atoms with Gasteiger partial charge in [-0.05, 0) is 96.2 Å². The lowest BCUT2D eigenvalue weighted by molar-refractivity contribution is -0.645. The van der Waals surface area contributed by atoms with Crippen molar-refractivity contribution in [1.29, 1.82) is 0 Å². The Morgan fingerprint density at radius 1 is 0.820 bits per heavy atom. The van der Waals surface area contributed by atoms with Crippen LogP contribution in [0.2, 0.25) is 0 Å². The summed E-state index contributed by atoms with van der Waals surface area (Å²) in [6.45, 7) is 0.467. The number of rotatable bonds is 10. The minimum atomic E-state index is -0.580. The van der Waals surface area contributed by atoms with Crippen LogP contribution in [0.3, 0.4) is 0 Å². The Labute approximate surface area is 298 Å². The molecule has 9 heteroatoms. The molecule has 2 heterocycles. The van der Waals surface area contributed by atoms with Crippen molar-refractivity contribution in [1.82, 2.24) is 10.6 Å². The highest BCUT2D eigenvalue weighted by atomic mass is 32.2. The molecular formula is C41H45N3O5S. The second-order valence-corrected chi connectivity index (χ2v) is 15.9. The molecule has 9 rings (SSSR count). The fourth-order valence-corrected chi connectivity index (χ4v) is 10.1. The molecule has 0 spiro atoms. The summed E-state index contributed by atoms with van der Waals surface area (Å²) in [5.74, 6) is 2.98. The van der Waals surface area contributed by atoms with Crippen molar-refractivity contribution in [2.24, 2.45) is 17.8 Å². The largest absolute Gasteiger partial charge is 0.618 e. The first kappa shape index (κ1) is 33.3. The molecule has 1 aromatic heterocycles. The summed E-state index contributed by atoms with van der Waals surface area (Å²) in [4.78, 5) is 13.1. The van der Waals surface area contributed by atoms with Crippen LogP contribution in [0.25, 0.3) is 11.1 Å². The number of urea groups is 1. The van der Waals surface area contributed by atoms with Crippen LogP contribution in [-0.2, 0) is 22.6 Å². The number of hydrogen-bond donors (Lipinski definition) is 3. The monoisotopic (exact) mass is 691 g/mol. The van der Waals surface area contributed by atoms with Gasteiger partial charge in [-0.25, -0.2) is 4.79 Å². The van der Waals surface area contributed by atoms with E-state index >= 15 is 0 Å². The van der Waals surface area contributed by atoms with Crippen molar-refractivity contribution in [2.75, 3.05) is 5.75 Å². The number of carbonyl (C=O) groups is 1. The molecule has 3 unspecified atom stereocenters. The second-order valence-electron chi connectivity index (χ2n) is 14.9. The third-order valence-corrected chi connectivity index (χ3v) is 12.3. The minimum Gasteiger partial charge on any atom is -0.618 e. The van der Waals surface area contributed by atoms with Crippen LogP contribution in [0.4, 0.5) is 4.79 Å². The van der Waals surface area contributed by atoms with Crippen LogP contribution in [0, 0.1) is 23.0 Å². The van der Waals surface area contributed by atoms with Gasteiger partial charge in [-0.15, -0.1) is 0 Å². The van der Waals surface area contributed by atoms with Crippen LogP contribution < -0.4 is 15.4 Å². The predicted octanol–water partition coefficient (Wildman–Crippen LogP) is 7.59. The first-order chi connectivity index (χ1) is 24.4. The molecule has 5 fully saturated rings. The maximum atomic E-state index is 13.1. The highest BCUT2D eigenvalue weighted by Gasteiger charge is 2.51. The molecule has 2 amide bonds. The van der Waals surface area contributed by atoms with Gasteiger partial charge in [0, 0.05) is 42.0 Å². The van der Waals surface area contributed by atoms with Crippen molar-refractivity contribution >= 4 is 17.8 Å². The number of aliphatic hydroxyl groups excluding tert-OH is 1. The average Bonchev–Trinajstić information content (AvgIpc) is 3.13. The number of pyridine rings is 1. The topological polar surface area (TPSA) is 107 Å². The highest BCUT2D eigenvalue weighted by molar-refractivity contribution is 7.99. The van der Waals surface area contributed by atoms with Gasteiger partial charge in [0.15, 0.2) is 12.5 Å². The number of hydrogen-bond acceptors (Lipinski definition) is 6. The number of nitrogens with zero attached hydrogens (tertiary/aromatic N) is 1. The average molecular weight is 692 g/mol. The van der Waals surface area contributed by atoms with Gasteiger partial charge in [0.25, 0.3) is 5.03 Å². The van der Waals surface area contributed by atoms with Crippen LogP contribution in [0.1, 0.15) is 79.6 Å². The van der Waals surface area contributed by atoms with Gasteiger partial charge in [-0.3, -0.25) is 0 Å². The Hall–Kier alpha value is -3.89. The zero-order valence-electron chi connectivity index (χ0n) is 28.2. The molecule has 3 atom stereocenters. The maximum absolute atomic E-state index is 13.1. The van der Waals surface area contributed by atoms with Gasteiger partial charge in [0.2, 0.25) is 0 Å². The summed E-state index contributed by atoms with van der Waals surface area (Å²) in [5.41, 5.74) is 5.99. The smallest absolute Gasteiger partial charge is 0.315 e. The summed E-state index contributed by atoms with van der Waals surface area (Å²) in [5, 5.41) is 29.0. The molecule has 3 N–H and O–H groups in total. The molecule has 50 heavy (non-hydrogen) atoms. The first-order valence-electron chi connectivity index (χ1n) is 18.0. The van der Waals surface area contributed by atoms with E-state index < -0.39 is 6.29 Å². The van der Waals surface area contributed by atoms with E-state index in [0.29, 0.717) is 23.7 Å². The molecule has 4 saturated carbocycles. The number of carbonyl (C=O) groups excluding carboxylic acids is 1. The van der Waals surface area contributed by atoms with Crippen LogP contribution in [0.5, 0.6) is 0 Å². The maximum Gasteiger partial charge on any atom is 0.315 e. The predicted molar refractivity (Wildman–Crippen MR) is 193 cm³/mol. The third kappa shape index (κ3) is 7.42. The second kappa shape index (κ2) is 14.4. The van der Waals surface area contributed by atoms with Gasteiger partial charge in [0.05, 0.1) is 18.8 Å². The van der Waals surface area contributed by atoms with E-state index in [0.717, 1.165) is 75.1 Å². The molecule has 4 aromatic rings. The van der Waals surface area contributed by atoms with E-state index in [2.05, 4.69) is 41.0 Å². The Bertz CT molecular complexity index is 1760. The van der Waals surface area contributed by atoms with Crippen LogP contribution in [0.15, 0.2) is 102 Å². The summed E-state index contributed by atoms with van der Waals surface area (Å²) < 4.78 is 13.9. The molecule has 260 valence electrons. The molecule has 1 aliphatic heterocycles. The van der Waals surface area contributed by atoms with Gasteiger partial charge in [0.1, 0.15) is 0 Å². The summed E-state index contributed by atoms with van der Waals surface area (Å²) >= 11 is 1.48. The van der Waals surface area contributed by atoms with Crippen LogP contribution >= 0.6 is 11.8 Å². The van der Waals surface area contributed by atoms with Gasteiger partial charge >= 0.3 is 6.03 Å². The lowest BCUT2D eigenvalue weighted by Gasteiger charge is -2.56. The zero-order valence-corrected chi connectivity index (χ0v) is 29.0. The SMILES string of the molecule is O=C(NCc1cccc(-c2ccc(C3OC(CSc4cccc[n+]4[O-])CC(c4ccc(CO)cc4)O3)cc2)c1)NC12CC3CC(CC(C3)C1)C2. The fraction of sp³-hybridized carbons (Fsp3) is 0.415. The standard InChI is InChI=1S/C41H45N3O5S/c45-25-27-7-9-33(10-8-27)37-20-36(26-50-38-6-1-2-15-44(38)47)48-39(49-37)34-13-11-32(12-14-34)35-5-3-4-28(19-35)24-42-40(46)43-41-21-29-16-30(22-41)18-31(17-29)23-41/h1-15,19,29-31,36-37,39,45H,16-18,20-26H2,(H2,42,43,46). The van der Waals surface area contributed by atoms with Gasteiger partial charge in [-0.2, -0.15) is 4.73 Å². The van der Waals surface area contributed by atoms with Crippen molar-refractivity contribution in [3.05, 3.63) is 125 Å². The zero-order chi connectivity index (χ0) is 34.1. The molecule has 0 radical (unpaired) electrons. The molecule has 4 bridgehead atoms. The minimum absolute atomic E-state index is 0.000987. The molecule has 5 aliphatic rings. The summed E-state index contributed by atoms with van der Waals surface area (Å²) in [6.07, 6.45) is 8.72.